The van der Waals surface area contributed by atoms with Crippen LogP contribution < -0.4 is 11.6 Å². The van der Waals surface area contributed by atoms with Crippen molar-refractivity contribution in [2.45, 2.75) is 52.2 Å². The van der Waals surface area contributed by atoms with E-state index in [1.54, 1.807) is 27.1 Å². The Hall–Kier alpha value is -3.42. The highest BCUT2D eigenvalue weighted by Crippen LogP contribution is 2.37. The van der Waals surface area contributed by atoms with E-state index in [0.29, 0.717) is 17.1 Å². The van der Waals surface area contributed by atoms with Crippen molar-refractivity contribution in [3.05, 3.63) is 77.4 Å². The summed E-state index contributed by atoms with van der Waals surface area (Å²) in [6, 6.07) is 14.7. The van der Waals surface area contributed by atoms with Gasteiger partial charge in [0.15, 0.2) is 0 Å². The molecule has 0 saturated carbocycles. The van der Waals surface area contributed by atoms with Gasteiger partial charge in [0.25, 0.3) is 0 Å². The Labute approximate surface area is 200 Å². The molecule has 1 aromatic carbocycles. The summed E-state index contributed by atoms with van der Waals surface area (Å²) in [7, 11) is 1.76. The molecule has 1 unspecified atom stereocenters. The van der Waals surface area contributed by atoms with E-state index in [4.69, 9.17) is 21.5 Å². The number of aromatic nitrogens is 3. The molecule has 0 aliphatic rings. The van der Waals surface area contributed by atoms with Crippen LogP contribution in [0.2, 0.25) is 0 Å². The van der Waals surface area contributed by atoms with Crippen molar-refractivity contribution in [2.24, 2.45) is 11.6 Å². The third kappa shape index (κ3) is 4.24. The first-order valence-corrected chi connectivity index (χ1v) is 11.7. The number of nitrogens with zero attached hydrogens (tertiary/aromatic N) is 4. The van der Waals surface area contributed by atoms with Crippen molar-refractivity contribution in [3.63, 3.8) is 0 Å². The van der Waals surface area contributed by atoms with E-state index in [1.807, 2.05) is 31.3 Å². The molecule has 0 saturated heterocycles. The van der Waals surface area contributed by atoms with Crippen molar-refractivity contribution in [1.29, 1.82) is 0 Å². The van der Waals surface area contributed by atoms with E-state index in [1.165, 1.54) is 10.6 Å². The summed E-state index contributed by atoms with van der Waals surface area (Å²) in [6.07, 6.45) is 5.56. The molecule has 0 aliphatic heterocycles. The summed E-state index contributed by atoms with van der Waals surface area (Å²) in [4.78, 5) is 9.48. The lowest BCUT2D eigenvalue weighted by Gasteiger charge is -2.23. The van der Waals surface area contributed by atoms with Crippen LogP contribution >= 0.6 is 0 Å². The first-order valence-electron chi connectivity index (χ1n) is 11.7. The SMILES string of the molecule is CCCC(c1ccccc1)n1c2cc(/C(=C(\C)N)N(C)N)ncc2c2ncc(C(C)(C)O)cc21. The average molecular weight is 459 g/mol. The fourth-order valence-corrected chi connectivity index (χ4v) is 4.65. The smallest absolute Gasteiger partial charge is 0.0975 e. The van der Waals surface area contributed by atoms with E-state index in [2.05, 4.69) is 35.8 Å². The molecule has 0 fully saturated rings. The molecule has 34 heavy (non-hydrogen) atoms. The number of hydrazine groups is 1. The first kappa shape index (κ1) is 23.7. The number of allylic oxidation sites excluding steroid dienone is 1. The van der Waals surface area contributed by atoms with E-state index in [0.717, 1.165) is 40.3 Å². The van der Waals surface area contributed by atoms with Gasteiger partial charge in [0.05, 0.1) is 39.6 Å². The minimum Gasteiger partial charge on any atom is -0.400 e. The third-order valence-electron chi connectivity index (χ3n) is 6.26. The van der Waals surface area contributed by atoms with Gasteiger partial charge >= 0.3 is 0 Å². The Morgan fingerprint density at radius 3 is 2.41 bits per heavy atom. The minimum absolute atomic E-state index is 0.0855. The second-order valence-electron chi connectivity index (χ2n) is 9.47. The zero-order valence-corrected chi connectivity index (χ0v) is 20.6. The standard InChI is InChI=1S/C27H34N6O/c1-6-10-22(18-11-8-7-9-12-18)33-23-14-21(26(17(2)28)32(5)29)30-16-20(23)25-24(33)13-19(15-31-25)27(3,4)34/h7-9,11-16,22,34H,6,10,28-29H2,1-5H3/b26-17-. The van der Waals surface area contributed by atoms with E-state index >= 15 is 0 Å². The Morgan fingerprint density at radius 1 is 1.12 bits per heavy atom. The van der Waals surface area contributed by atoms with Crippen LogP contribution in [0.1, 0.15) is 63.4 Å². The quantitative estimate of drug-likeness (QED) is 0.275. The van der Waals surface area contributed by atoms with Crippen LogP contribution in [0.4, 0.5) is 0 Å². The van der Waals surface area contributed by atoms with Gasteiger partial charge in [-0.3, -0.25) is 9.97 Å². The van der Waals surface area contributed by atoms with Gasteiger partial charge in [-0.2, -0.15) is 0 Å². The van der Waals surface area contributed by atoms with Gasteiger partial charge in [-0.1, -0.05) is 43.7 Å². The molecule has 4 aromatic rings. The number of benzene rings is 1. The second-order valence-corrected chi connectivity index (χ2v) is 9.47. The molecule has 1 atom stereocenters. The van der Waals surface area contributed by atoms with Crippen LogP contribution in [0, 0.1) is 0 Å². The van der Waals surface area contributed by atoms with Crippen molar-refractivity contribution in [1.82, 2.24) is 19.5 Å². The van der Waals surface area contributed by atoms with Crippen LogP contribution in [0.25, 0.3) is 27.6 Å². The molecule has 0 bridgehead atoms. The maximum atomic E-state index is 10.7. The van der Waals surface area contributed by atoms with Crippen LogP contribution in [0.5, 0.6) is 0 Å². The fourth-order valence-electron chi connectivity index (χ4n) is 4.65. The lowest BCUT2D eigenvalue weighted by molar-refractivity contribution is 0.0784. The predicted molar refractivity (Wildman–Crippen MR) is 138 cm³/mol. The Kier molecular flexibility index (Phi) is 6.34. The molecule has 0 amide bonds. The maximum Gasteiger partial charge on any atom is 0.0975 e. The highest BCUT2D eigenvalue weighted by molar-refractivity contribution is 6.06. The molecular formula is C27H34N6O. The molecule has 5 N–H and O–H groups in total. The maximum absolute atomic E-state index is 10.7. The second kappa shape index (κ2) is 9.08. The Morgan fingerprint density at radius 2 is 1.82 bits per heavy atom. The highest BCUT2D eigenvalue weighted by Gasteiger charge is 2.24. The van der Waals surface area contributed by atoms with E-state index in [9.17, 15) is 5.11 Å². The Balaban J connectivity index is 2.11. The molecule has 7 heteroatoms. The van der Waals surface area contributed by atoms with Gasteiger partial charge in [-0.25, -0.2) is 5.84 Å². The van der Waals surface area contributed by atoms with E-state index < -0.39 is 5.60 Å². The summed E-state index contributed by atoms with van der Waals surface area (Å²) in [5.74, 6) is 6.10. The zero-order chi connectivity index (χ0) is 24.6. The van der Waals surface area contributed by atoms with Gasteiger partial charge in [0, 0.05) is 36.1 Å². The molecule has 0 aliphatic carbocycles. The summed E-state index contributed by atoms with van der Waals surface area (Å²) < 4.78 is 2.33. The summed E-state index contributed by atoms with van der Waals surface area (Å²) in [5, 5.41) is 13.2. The molecule has 0 radical (unpaired) electrons. The average Bonchev–Trinajstić information content (AvgIpc) is 3.10. The van der Waals surface area contributed by atoms with Gasteiger partial charge in [-0.05, 0) is 44.9 Å². The van der Waals surface area contributed by atoms with E-state index in [-0.39, 0.29) is 6.04 Å². The normalized spacial score (nSPS) is 13.9. The van der Waals surface area contributed by atoms with Crippen molar-refractivity contribution in [3.8, 4) is 0 Å². The molecule has 3 aromatic heterocycles. The number of aliphatic hydroxyl groups is 1. The van der Waals surface area contributed by atoms with Gasteiger partial charge in [0.2, 0.25) is 0 Å². The van der Waals surface area contributed by atoms with Gasteiger partial charge in [0.1, 0.15) is 0 Å². The molecule has 7 nitrogen and oxygen atoms in total. The summed E-state index contributed by atoms with van der Waals surface area (Å²) in [6.45, 7) is 7.57. The number of hydrogen-bond donors (Lipinski definition) is 3. The fraction of sp³-hybridized carbons (Fsp3) is 0.333. The number of nitrogens with two attached hydrogens (primary N) is 2. The molecular weight excluding hydrogens is 424 g/mol. The topological polar surface area (TPSA) is 106 Å². The predicted octanol–water partition coefficient (Wildman–Crippen LogP) is 4.65. The highest BCUT2D eigenvalue weighted by atomic mass is 16.3. The lowest BCUT2D eigenvalue weighted by Crippen LogP contribution is -2.27. The Bertz CT molecular complexity index is 1340. The van der Waals surface area contributed by atoms with Gasteiger partial charge < -0.3 is 20.4 Å². The van der Waals surface area contributed by atoms with Crippen molar-refractivity contribution >= 4 is 27.6 Å². The molecule has 178 valence electrons. The van der Waals surface area contributed by atoms with Crippen LogP contribution in [0.3, 0.4) is 0 Å². The first-order chi connectivity index (χ1) is 16.1. The van der Waals surface area contributed by atoms with Crippen LogP contribution in [0.15, 0.2) is 60.6 Å². The molecule has 0 spiro atoms. The zero-order valence-electron chi connectivity index (χ0n) is 20.6. The van der Waals surface area contributed by atoms with Crippen LogP contribution in [-0.2, 0) is 5.60 Å². The summed E-state index contributed by atoms with van der Waals surface area (Å²) in [5.41, 5.74) is 11.9. The van der Waals surface area contributed by atoms with Gasteiger partial charge in [-0.15, -0.1) is 0 Å². The largest absolute Gasteiger partial charge is 0.400 e. The monoisotopic (exact) mass is 458 g/mol. The van der Waals surface area contributed by atoms with Crippen LogP contribution in [-0.4, -0.2) is 31.7 Å². The lowest BCUT2D eigenvalue weighted by atomic mass is 9.99. The number of fused-ring (bicyclic) bond motifs is 3. The minimum atomic E-state index is -1.01. The number of hydrogen-bond acceptors (Lipinski definition) is 6. The third-order valence-corrected chi connectivity index (χ3v) is 6.26. The molecule has 4 rings (SSSR count). The van der Waals surface area contributed by atoms with Crippen molar-refractivity contribution < 1.29 is 5.11 Å². The summed E-state index contributed by atoms with van der Waals surface area (Å²) >= 11 is 0. The number of rotatable bonds is 7. The molecule has 3 heterocycles. The number of pyridine rings is 2. The van der Waals surface area contributed by atoms with Crippen molar-refractivity contribution in [2.75, 3.05) is 7.05 Å².